The molecule has 288 valence electrons. The molecule has 1 fully saturated rings. The van der Waals surface area contributed by atoms with Gasteiger partial charge < -0.3 is 34.4 Å². The molecule has 0 unspecified atom stereocenters. The van der Waals surface area contributed by atoms with E-state index in [1.54, 1.807) is 45.0 Å². The van der Waals surface area contributed by atoms with Crippen molar-refractivity contribution in [3.63, 3.8) is 0 Å². The summed E-state index contributed by atoms with van der Waals surface area (Å²) < 4.78 is 16.7. The van der Waals surface area contributed by atoms with Crippen molar-refractivity contribution in [1.82, 2.24) is 15.1 Å². The van der Waals surface area contributed by atoms with E-state index in [0.29, 0.717) is 24.2 Å². The lowest BCUT2D eigenvalue weighted by Gasteiger charge is -2.33. The van der Waals surface area contributed by atoms with Crippen molar-refractivity contribution in [1.29, 1.82) is 0 Å². The average molecular weight is 742 g/mol. The number of rotatable bonds is 14. The van der Waals surface area contributed by atoms with Crippen molar-refractivity contribution in [2.24, 2.45) is 5.92 Å². The minimum absolute atomic E-state index is 0.0301. The Hall–Kier alpha value is -5.39. The summed E-state index contributed by atoms with van der Waals surface area (Å²) in [6.07, 6.45) is 0.452. The summed E-state index contributed by atoms with van der Waals surface area (Å²) in [7, 11) is 1.46. The van der Waals surface area contributed by atoms with Gasteiger partial charge in [0.1, 0.15) is 36.1 Å². The SMILES string of the molecule is CC(C)C[C@@H](C(=O)O)N(C)C(=O)[C@H]1CCCN1C(=O)[C@H](Cc1ccc(OCC(=O)OC(C)(C)C)cc1)NC(=O)OCC1c2ccccc2-c2ccccc21. The minimum Gasteiger partial charge on any atom is -0.482 e. The van der Waals surface area contributed by atoms with E-state index in [4.69, 9.17) is 14.2 Å². The maximum absolute atomic E-state index is 14.3. The molecule has 12 heteroatoms. The summed E-state index contributed by atoms with van der Waals surface area (Å²) >= 11 is 0. The van der Waals surface area contributed by atoms with E-state index in [9.17, 15) is 29.1 Å². The molecule has 0 bridgehead atoms. The zero-order valence-electron chi connectivity index (χ0n) is 31.9. The fourth-order valence-corrected chi connectivity index (χ4v) is 7.20. The number of ether oxygens (including phenoxy) is 3. The number of carboxylic acids is 1. The number of fused-ring (bicyclic) bond motifs is 3. The van der Waals surface area contributed by atoms with Gasteiger partial charge in [-0.3, -0.25) is 9.59 Å². The number of alkyl carbamates (subject to hydrolysis) is 1. The summed E-state index contributed by atoms with van der Waals surface area (Å²) in [6.45, 7) is 9.12. The first-order valence-corrected chi connectivity index (χ1v) is 18.5. The van der Waals surface area contributed by atoms with Gasteiger partial charge in [-0.1, -0.05) is 74.5 Å². The summed E-state index contributed by atoms with van der Waals surface area (Å²) in [5, 5.41) is 12.7. The number of aliphatic carboxylic acids is 1. The Morgan fingerprint density at radius 1 is 0.926 bits per heavy atom. The molecule has 12 nitrogen and oxygen atoms in total. The molecular formula is C42H51N3O9. The van der Waals surface area contributed by atoms with E-state index in [1.807, 2.05) is 62.4 Å². The molecule has 0 spiro atoms. The fraction of sp³-hybridized carbons (Fsp3) is 0.452. The molecule has 3 atom stereocenters. The Balaban J connectivity index is 1.32. The lowest BCUT2D eigenvalue weighted by Crippen LogP contribution is -2.56. The molecule has 1 aliphatic carbocycles. The smallest absolute Gasteiger partial charge is 0.407 e. The number of hydrogen-bond donors (Lipinski definition) is 2. The number of nitrogens with zero attached hydrogens (tertiary/aromatic N) is 2. The van der Waals surface area contributed by atoms with Crippen LogP contribution in [0.2, 0.25) is 0 Å². The molecule has 3 amide bonds. The predicted molar refractivity (Wildman–Crippen MR) is 202 cm³/mol. The monoisotopic (exact) mass is 741 g/mol. The van der Waals surface area contributed by atoms with Crippen LogP contribution in [0.4, 0.5) is 4.79 Å². The summed E-state index contributed by atoms with van der Waals surface area (Å²) in [5.74, 6) is -2.29. The molecular weight excluding hydrogens is 690 g/mol. The van der Waals surface area contributed by atoms with Crippen LogP contribution in [-0.4, -0.2) is 95.3 Å². The molecule has 0 aromatic heterocycles. The normalized spacial score (nSPS) is 16.2. The van der Waals surface area contributed by atoms with Gasteiger partial charge in [-0.25, -0.2) is 14.4 Å². The first-order valence-electron chi connectivity index (χ1n) is 18.5. The van der Waals surface area contributed by atoms with E-state index in [-0.39, 0.29) is 44.4 Å². The van der Waals surface area contributed by atoms with Crippen molar-refractivity contribution in [2.45, 2.75) is 89.9 Å². The van der Waals surface area contributed by atoms with Gasteiger partial charge in [0.25, 0.3) is 0 Å². The zero-order valence-corrected chi connectivity index (χ0v) is 31.9. The highest BCUT2D eigenvalue weighted by Crippen LogP contribution is 2.44. The molecule has 3 aromatic rings. The van der Waals surface area contributed by atoms with Gasteiger partial charge in [0.2, 0.25) is 11.8 Å². The number of esters is 1. The fourth-order valence-electron chi connectivity index (χ4n) is 7.20. The number of likely N-dealkylation sites (tertiary alicyclic amines) is 1. The van der Waals surface area contributed by atoms with E-state index in [2.05, 4.69) is 5.32 Å². The van der Waals surface area contributed by atoms with Crippen molar-refractivity contribution in [3.05, 3.63) is 89.5 Å². The van der Waals surface area contributed by atoms with Crippen LogP contribution in [-0.2, 0) is 35.1 Å². The van der Waals surface area contributed by atoms with Crippen LogP contribution in [0.5, 0.6) is 5.75 Å². The van der Waals surface area contributed by atoms with Crippen LogP contribution < -0.4 is 10.1 Å². The van der Waals surface area contributed by atoms with Crippen molar-refractivity contribution in [2.75, 3.05) is 26.8 Å². The molecule has 0 radical (unpaired) electrons. The van der Waals surface area contributed by atoms with Gasteiger partial charge in [-0.2, -0.15) is 0 Å². The molecule has 1 saturated heterocycles. The first kappa shape index (κ1) is 39.8. The Labute approximate surface area is 316 Å². The quantitative estimate of drug-likeness (QED) is 0.195. The highest BCUT2D eigenvalue weighted by atomic mass is 16.6. The zero-order chi connectivity index (χ0) is 39.2. The highest BCUT2D eigenvalue weighted by Gasteiger charge is 2.41. The van der Waals surface area contributed by atoms with Gasteiger partial charge in [0.05, 0.1) is 0 Å². The van der Waals surface area contributed by atoms with Crippen molar-refractivity contribution < 1.29 is 43.3 Å². The van der Waals surface area contributed by atoms with Crippen molar-refractivity contribution >= 4 is 29.8 Å². The van der Waals surface area contributed by atoms with E-state index < -0.39 is 53.6 Å². The Morgan fingerprint density at radius 2 is 1.54 bits per heavy atom. The number of carbonyl (C=O) groups is 5. The second-order valence-electron chi connectivity index (χ2n) is 15.4. The Morgan fingerprint density at radius 3 is 2.11 bits per heavy atom. The standard InChI is InChI=1S/C42H51N3O9/c1-26(2)22-36(40(49)50)44(6)39(48)35-16-11-21-45(35)38(47)34(23-27-17-19-28(20-18-27)52-25-37(46)54-42(3,4)5)43-41(51)53-24-33-31-14-9-7-12-29(31)30-13-8-10-15-32(30)33/h7-10,12-15,17-20,26,33-36H,11,16,21-25H2,1-6H3,(H,43,51)(H,49,50)/t34-,35+,36-/m0/s1. The molecule has 0 saturated carbocycles. The van der Waals surface area contributed by atoms with Gasteiger partial charge in [0, 0.05) is 25.9 Å². The number of carbonyl (C=O) groups excluding carboxylic acids is 4. The van der Waals surface area contributed by atoms with Crippen molar-refractivity contribution in [3.8, 4) is 16.9 Å². The maximum atomic E-state index is 14.3. The van der Waals surface area contributed by atoms with Crippen LogP contribution in [0.1, 0.15) is 76.5 Å². The third-order valence-corrected chi connectivity index (χ3v) is 9.69. The van der Waals surface area contributed by atoms with Crippen LogP contribution >= 0.6 is 0 Å². The minimum atomic E-state index is -1.11. The second-order valence-corrected chi connectivity index (χ2v) is 15.4. The molecule has 54 heavy (non-hydrogen) atoms. The van der Waals surface area contributed by atoms with E-state index in [1.165, 1.54) is 16.8 Å². The Kier molecular flexibility index (Phi) is 12.7. The second kappa shape index (κ2) is 17.2. The Bertz CT molecular complexity index is 1790. The van der Waals surface area contributed by atoms with Gasteiger partial charge in [-0.05, 0) is 85.9 Å². The molecule has 3 aromatic carbocycles. The van der Waals surface area contributed by atoms with E-state index in [0.717, 1.165) is 22.3 Å². The van der Waals surface area contributed by atoms with Crippen LogP contribution in [0.3, 0.4) is 0 Å². The number of amides is 3. The van der Waals surface area contributed by atoms with Crippen LogP contribution in [0, 0.1) is 5.92 Å². The molecule has 2 aliphatic rings. The lowest BCUT2D eigenvalue weighted by molar-refractivity contribution is -0.157. The number of nitrogens with one attached hydrogen (secondary N) is 1. The molecule has 5 rings (SSSR count). The number of likely N-dealkylation sites (N-methyl/N-ethyl adjacent to an activating group) is 1. The third kappa shape index (κ3) is 9.77. The van der Waals surface area contributed by atoms with Gasteiger partial charge in [-0.15, -0.1) is 0 Å². The van der Waals surface area contributed by atoms with Crippen LogP contribution in [0.25, 0.3) is 11.1 Å². The number of hydrogen-bond acceptors (Lipinski definition) is 8. The lowest BCUT2D eigenvalue weighted by atomic mass is 9.98. The van der Waals surface area contributed by atoms with Gasteiger partial charge in [0.15, 0.2) is 6.61 Å². The maximum Gasteiger partial charge on any atom is 0.407 e. The average Bonchev–Trinajstić information content (AvgIpc) is 3.74. The van der Waals surface area contributed by atoms with E-state index >= 15 is 0 Å². The number of benzene rings is 3. The predicted octanol–water partition coefficient (Wildman–Crippen LogP) is 5.81. The summed E-state index contributed by atoms with van der Waals surface area (Å²) in [6, 6.07) is 19.7. The molecule has 2 N–H and O–H groups in total. The highest BCUT2D eigenvalue weighted by molar-refractivity contribution is 5.93. The largest absolute Gasteiger partial charge is 0.482 e. The summed E-state index contributed by atoms with van der Waals surface area (Å²) in [4.78, 5) is 68.6. The molecule has 1 heterocycles. The first-order chi connectivity index (χ1) is 25.6. The number of carboxylic acid groups (broad SMARTS) is 1. The van der Waals surface area contributed by atoms with Crippen LogP contribution in [0.15, 0.2) is 72.8 Å². The topological polar surface area (TPSA) is 152 Å². The summed E-state index contributed by atoms with van der Waals surface area (Å²) in [5.41, 5.74) is 4.30. The van der Waals surface area contributed by atoms with Gasteiger partial charge >= 0.3 is 18.0 Å². The molecule has 1 aliphatic heterocycles. The third-order valence-electron chi connectivity index (χ3n) is 9.69.